The van der Waals surface area contributed by atoms with Crippen LogP contribution in [-0.2, 0) is 4.74 Å². The predicted octanol–water partition coefficient (Wildman–Crippen LogP) is 1.92. The van der Waals surface area contributed by atoms with Crippen LogP contribution < -0.4 is 10.6 Å². The molecule has 4 nitrogen and oxygen atoms in total. The summed E-state index contributed by atoms with van der Waals surface area (Å²) in [6, 6.07) is 5.59. The highest BCUT2D eigenvalue weighted by Gasteiger charge is 2.31. The zero-order valence-corrected chi connectivity index (χ0v) is 8.86. The third kappa shape index (κ3) is 1.63. The van der Waals surface area contributed by atoms with Gasteiger partial charge in [-0.05, 0) is 37.6 Å². The molecule has 15 heavy (non-hydrogen) atoms. The summed E-state index contributed by atoms with van der Waals surface area (Å²) in [7, 11) is 0. The number of hydrogen-bond acceptors (Lipinski definition) is 3. The topological polar surface area (TPSA) is 55.6 Å². The number of carbonyl (C=O) groups is 1. The van der Waals surface area contributed by atoms with Crippen molar-refractivity contribution in [2.24, 2.45) is 0 Å². The highest BCUT2D eigenvalue weighted by Crippen LogP contribution is 2.27. The Morgan fingerprint density at radius 3 is 2.80 bits per heavy atom. The molecule has 2 rings (SSSR count). The molecule has 0 aliphatic carbocycles. The molecule has 0 spiro atoms. The minimum Gasteiger partial charge on any atom is -0.447 e. The molecule has 1 atom stereocenters. The van der Waals surface area contributed by atoms with Gasteiger partial charge in [0, 0.05) is 5.69 Å². The number of ether oxygens (including phenoxy) is 1. The van der Waals surface area contributed by atoms with Gasteiger partial charge in [-0.1, -0.05) is 0 Å². The van der Waals surface area contributed by atoms with E-state index in [0.29, 0.717) is 12.3 Å². The van der Waals surface area contributed by atoms with Crippen molar-refractivity contribution in [3.05, 3.63) is 23.8 Å². The largest absolute Gasteiger partial charge is 0.447 e. The van der Waals surface area contributed by atoms with E-state index in [9.17, 15) is 4.79 Å². The minimum atomic E-state index is -0.282. The Balaban J connectivity index is 2.40. The van der Waals surface area contributed by atoms with E-state index in [2.05, 4.69) is 0 Å². The van der Waals surface area contributed by atoms with Crippen molar-refractivity contribution in [2.45, 2.75) is 19.9 Å². The minimum absolute atomic E-state index is 0.0832. The lowest BCUT2D eigenvalue weighted by atomic mass is 10.1. The molecule has 0 aromatic heterocycles. The molecule has 2 N–H and O–H groups in total. The number of hydrogen-bond donors (Lipinski definition) is 1. The SMILES string of the molecule is Cc1cc(N)ccc1N1C(=O)OC[C@H]1C. The number of nitrogens with zero attached hydrogens (tertiary/aromatic N) is 1. The second-order valence-corrected chi connectivity index (χ2v) is 3.84. The van der Waals surface area contributed by atoms with Crippen molar-refractivity contribution in [1.29, 1.82) is 0 Å². The van der Waals surface area contributed by atoms with Crippen molar-refractivity contribution in [3.8, 4) is 0 Å². The van der Waals surface area contributed by atoms with Crippen LogP contribution >= 0.6 is 0 Å². The first kappa shape index (κ1) is 9.83. The predicted molar refractivity (Wildman–Crippen MR) is 58.9 cm³/mol. The van der Waals surface area contributed by atoms with Crippen LogP contribution in [0.4, 0.5) is 16.2 Å². The monoisotopic (exact) mass is 206 g/mol. The maximum Gasteiger partial charge on any atom is 0.414 e. The van der Waals surface area contributed by atoms with Crippen LogP contribution in [0.15, 0.2) is 18.2 Å². The van der Waals surface area contributed by atoms with Crippen molar-refractivity contribution in [2.75, 3.05) is 17.2 Å². The third-order valence-electron chi connectivity index (χ3n) is 2.57. The van der Waals surface area contributed by atoms with Gasteiger partial charge in [-0.25, -0.2) is 4.79 Å². The summed E-state index contributed by atoms with van der Waals surface area (Å²) in [5.74, 6) is 0. The van der Waals surface area contributed by atoms with Crippen LogP contribution in [0.3, 0.4) is 0 Å². The number of benzene rings is 1. The molecule has 0 saturated carbocycles. The van der Waals surface area contributed by atoms with Crippen LogP contribution in [0.1, 0.15) is 12.5 Å². The van der Waals surface area contributed by atoms with Gasteiger partial charge < -0.3 is 10.5 Å². The number of anilines is 2. The van der Waals surface area contributed by atoms with Gasteiger partial charge in [-0.15, -0.1) is 0 Å². The smallest absolute Gasteiger partial charge is 0.414 e. The molecule has 4 heteroatoms. The molecular weight excluding hydrogens is 192 g/mol. The Morgan fingerprint density at radius 2 is 2.27 bits per heavy atom. The number of cyclic esters (lactones) is 1. The van der Waals surface area contributed by atoms with Crippen LogP contribution in [0.5, 0.6) is 0 Å². The average Bonchev–Trinajstić information content (AvgIpc) is 2.48. The average molecular weight is 206 g/mol. The maximum atomic E-state index is 11.5. The van der Waals surface area contributed by atoms with Gasteiger partial charge in [0.05, 0.1) is 11.7 Å². The summed E-state index contributed by atoms with van der Waals surface area (Å²) >= 11 is 0. The Kier molecular flexibility index (Phi) is 2.26. The molecule has 1 aromatic carbocycles. The van der Waals surface area contributed by atoms with Crippen LogP contribution in [-0.4, -0.2) is 18.7 Å². The standard InChI is InChI=1S/C11H14N2O2/c1-7-5-9(12)3-4-10(7)13-8(2)6-15-11(13)14/h3-5,8H,6,12H2,1-2H3/t8-/m1/s1. The van der Waals surface area contributed by atoms with E-state index in [-0.39, 0.29) is 12.1 Å². The highest BCUT2D eigenvalue weighted by atomic mass is 16.6. The fraction of sp³-hybridized carbons (Fsp3) is 0.364. The number of rotatable bonds is 1. The Bertz CT molecular complexity index is 404. The normalized spacial score (nSPS) is 20.5. The van der Waals surface area contributed by atoms with Gasteiger partial charge in [0.25, 0.3) is 0 Å². The summed E-state index contributed by atoms with van der Waals surface area (Å²) in [6.07, 6.45) is -0.282. The zero-order chi connectivity index (χ0) is 11.0. The molecule has 0 bridgehead atoms. The van der Waals surface area contributed by atoms with Gasteiger partial charge in [0.1, 0.15) is 6.61 Å². The molecule has 1 amide bonds. The summed E-state index contributed by atoms with van der Waals surface area (Å²) in [5.41, 5.74) is 8.23. The highest BCUT2D eigenvalue weighted by molar-refractivity contribution is 5.91. The molecule has 1 aliphatic heterocycles. The van der Waals surface area contributed by atoms with E-state index in [1.807, 2.05) is 26.0 Å². The van der Waals surface area contributed by atoms with E-state index in [1.54, 1.807) is 11.0 Å². The Labute approximate surface area is 88.6 Å². The van der Waals surface area contributed by atoms with Crippen LogP contribution in [0.25, 0.3) is 0 Å². The van der Waals surface area contributed by atoms with E-state index < -0.39 is 0 Å². The van der Waals surface area contributed by atoms with Gasteiger partial charge in [-0.2, -0.15) is 0 Å². The number of carbonyl (C=O) groups excluding carboxylic acids is 1. The first-order valence-corrected chi connectivity index (χ1v) is 4.91. The maximum absolute atomic E-state index is 11.5. The number of amides is 1. The third-order valence-corrected chi connectivity index (χ3v) is 2.57. The lowest BCUT2D eigenvalue weighted by Gasteiger charge is -2.20. The van der Waals surface area contributed by atoms with Gasteiger partial charge in [-0.3, -0.25) is 4.90 Å². The molecular formula is C11H14N2O2. The summed E-state index contributed by atoms with van der Waals surface area (Å²) in [6.45, 7) is 4.34. The van der Waals surface area contributed by atoms with E-state index in [1.165, 1.54) is 0 Å². The second kappa shape index (κ2) is 3.46. The van der Waals surface area contributed by atoms with Crippen LogP contribution in [0, 0.1) is 6.92 Å². The molecule has 1 fully saturated rings. The zero-order valence-electron chi connectivity index (χ0n) is 8.86. The first-order valence-electron chi connectivity index (χ1n) is 4.91. The summed E-state index contributed by atoms with van der Waals surface area (Å²) in [5, 5.41) is 0. The Hall–Kier alpha value is -1.71. The molecule has 80 valence electrons. The lowest BCUT2D eigenvalue weighted by molar-refractivity contribution is 0.179. The van der Waals surface area contributed by atoms with Crippen molar-refractivity contribution >= 4 is 17.5 Å². The second-order valence-electron chi connectivity index (χ2n) is 3.84. The van der Waals surface area contributed by atoms with Gasteiger partial charge >= 0.3 is 6.09 Å². The van der Waals surface area contributed by atoms with Crippen LogP contribution in [0.2, 0.25) is 0 Å². The van der Waals surface area contributed by atoms with Gasteiger partial charge in [0.15, 0.2) is 0 Å². The van der Waals surface area contributed by atoms with E-state index in [0.717, 1.165) is 11.3 Å². The quantitative estimate of drug-likeness (QED) is 0.714. The molecule has 1 aromatic rings. The van der Waals surface area contributed by atoms with Crippen molar-refractivity contribution < 1.29 is 9.53 Å². The number of aryl methyl sites for hydroxylation is 1. The molecule has 1 aliphatic rings. The number of nitrogen functional groups attached to an aromatic ring is 1. The summed E-state index contributed by atoms with van der Waals surface area (Å²) < 4.78 is 4.97. The van der Waals surface area contributed by atoms with E-state index in [4.69, 9.17) is 10.5 Å². The number of nitrogens with two attached hydrogens (primary N) is 1. The van der Waals surface area contributed by atoms with Gasteiger partial charge in [0.2, 0.25) is 0 Å². The first-order chi connectivity index (χ1) is 7.09. The fourth-order valence-electron chi connectivity index (χ4n) is 1.80. The van der Waals surface area contributed by atoms with E-state index >= 15 is 0 Å². The molecule has 1 saturated heterocycles. The fourth-order valence-corrected chi connectivity index (χ4v) is 1.80. The van der Waals surface area contributed by atoms with Crippen molar-refractivity contribution in [3.63, 3.8) is 0 Å². The summed E-state index contributed by atoms with van der Waals surface area (Å²) in [4.78, 5) is 13.2. The molecule has 0 radical (unpaired) electrons. The molecule has 1 heterocycles. The van der Waals surface area contributed by atoms with Crippen molar-refractivity contribution in [1.82, 2.24) is 0 Å². The molecule has 0 unspecified atom stereocenters. The lowest BCUT2D eigenvalue weighted by Crippen LogP contribution is -2.31. The Morgan fingerprint density at radius 1 is 1.53 bits per heavy atom.